The van der Waals surface area contributed by atoms with Crippen LogP contribution in [0.2, 0.25) is 5.02 Å². The standard InChI is InChI=1S/C24H22ClF3N2O4S/c1-2-34-18-9-11-19(12-10-18)35(32,33)30-22(14-16-6-4-3-5-7-16)23(31)29-21-15-17(24(26,27)28)8-13-20(21)25/h3-13,15,22,30H,2,14H2,1H3,(H,29,31)/t22-/m1/s1. The first kappa shape index (κ1) is 26.5. The van der Waals surface area contributed by atoms with E-state index < -0.39 is 33.7 Å². The quantitative estimate of drug-likeness (QED) is 0.397. The van der Waals surface area contributed by atoms with Crippen molar-refractivity contribution in [3.63, 3.8) is 0 Å². The molecule has 0 heterocycles. The maximum atomic E-state index is 13.1. The molecule has 0 radical (unpaired) electrons. The van der Waals surface area contributed by atoms with Crippen LogP contribution < -0.4 is 14.8 Å². The van der Waals surface area contributed by atoms with E-state index >= 15 is 0 Å². The Morgan fingerprint density at radius 2 is 1.69 bits per heavy atom. The first-order valence-corrected chi connectivity index (χ1v) is 12.3. The topological polar surface area (TPSA) is 84.5 Å². The van der Waals surface area contributed by atoms with E-state index in [1.807, 2.05) is 0 Å². The highest BCUT2D eigenvalue weighted by molar-refractivity contribution is 7.89. The number of anilines is 1. The summed E-state index contributed by atoms with van der Waals surface area (Å²) in [5.41, 5.74) is -0.659. The van der Waals surface area contributed by atoms with Crippen molar-refractivity contribution < 1.29 is 31.1 Å². The Kier molecular flexibility index (Phi) is 8.42. The highest BCUT2D eigenvalue weighted by atomic mass is 35.5. The van der Waals surface area contributed by atoms with E-state index in [-0.39, 0.29) is 22.0 Å². The molecule has 0 saturated carbocycles. The van der Waals surface area contributed by atoms with Crippen molar-refractivity contribution >= 4 is 33.2 Å². The molecule has 0 saturated heterocycles. The maximum Gasteiger partial charge on any atom is 0.416 e. The number of sulfonamides is 1. The van der Waals surface area contributed by atoms with E-state index in [1.165, 1.54) is 24.3 Å². The van der Waals surface area contributed by atoms with Crippen molar-refractivity contribution in [3.8, 4) is 5.75 Å². The molecule has 0 spiro atoms. The zero-order chi connectivity index (χ0) is 25.6. The first-order chi connectivity index (χ1) is 16.5. The van der Waals surface area contributed by atoms with Gasteiger partial charge in [0.1, 0.15) is 11.8 Å². The molecule has 1 amide bonds. The average molecular weight is 527 g/mol. The molecule has 3 rings (SSSR count). The molecule has 0 aromatic heterocycles. The second-order valence-electron chi connectivity index (χ2n) is 7.45. The van der Waals surface area contributed by atoms with Crippen molar-refractivity contribution in [2.45, 2.75) is 30.5 Å². The minimum Gasteiger partial charge on any atom is -0.494 e. The van der Waals surface area contributed by atoms with Gasteiger partial charge in [0, 0.05) is 0 Å². The van der Waals surface area contributed by atoms with E-state index in [1.54, 1.807) is 37.3 Å². The van der Waals surface area contributed by atoms with Gasteiger partial charge in [-0.05, 0) is 61.4 Å². The van der Waals surface area contributed by atoms with Crippen LogP contribution in [-0.4, -0.2) is 27.0 Å². The highest BCUT2D eigenvalue weighted by Gasteiger charge is 2.32. The van der Waals surface area contributed by atoms with Gasteiger partial charge >= 0.3 is 6.18 Å². The summed E-state index contributed by atoms with van der Waals surface area (Å²) in [6.07, 6.45) is -4.71. The average Bonchev–Trinajstić information content (AvgIpc) is 2.80. The number of nitrogens with one attached hydrogen (secondary N) is 2. The summed E-state index contributed by atoms with van der Waals surface area (Å²) in [6.45, 7) is 2.19. The van der Waals surface area contributed by atoms with Gasteiger partial charge in [-0.3, -0.25) is 4.79 Å². The van der Waals surface area contributed by atoms with Crippen LogP contribution in [0.4, 0.5) is 18.9 Å². The summed E-state index contributed by atoms with van der Waals surface area (Å²) in [6, 6.07) is 15.3. The fourth-order valence-electron chi connectivity index (χ4n) is 3.19. The van der Waals surface area contributed by atoms with Crippen LogP contribution in [-0.2, 0) is 27.4 Å². The Labute approximate surface area is 206 Å². The number of benzene rings is 3. The third-order valence-electron chi connectivity index (χ3n) is 4.89. The lowest BCUT2D eigenvalue weighted by Gasteiger charge is -2.20. The van der Waals surface area contributed by atoms with Crippen molar-refractivity contribution in [1.82, 2.24) is 4.72 Å². The number of rotatable bonds is 9. The maximum absolute atomic E-state index is 13.1. The van der Waals surface area contributed by atoms with Gasteiger partial charge in [0.15, 0.2) is 0 Å². The number of hydrogen-bond acceptors (Lipinski definition) is 4. The molecule has 0 aliphatic heterocycles. The number of ether oxygens (including phenoxy) is 1. The summed E-state index contributed by atoms with van der Waals surface area (Å²) in [5, 5.41) is 2.20. The van der Waals surface area contributed by atoms with Gasteiger partial charge in [0.05, 0.1) is 27.8 Å². The van der Waals surface area contributed by atoms with Crippen LogP contribution in [0.1, 0.15) is 18.1 Å². The minimum atomic E-state index is -4.65. The Morgan fingerprint density at radius 1 is 1.03 bits per heavy atom. The Bertz CT molecular complexity index is 1270. The zero-order valence-corrected chi connectivity index (χ0v) is 20.0. The predicted molar refractivity (Wildman–Crippen MR) is 127 cm³/mol. The Morgan fingerprint density at radius 3 is 2.29 bits per heavy atom. The van der Waals surface area contributed by atoms with Gasteiger partial charge in [-0.2, -0.15) is 17.9 Å². The van der Waals surface area contributed by atoms with Gasteiger partial charge < -0.3 is 10.1 Å². The molecule has 0 bridgehead atoms. The minimum absolute atomic E-state index is 0.0560. The van der Waals surface area contributed by atoms with Gasteiger partial charge in [0.2, 0.25) is 15.9 Å². The van der Waals surface area contributed by atoms with E-state index in [2.05, 4.69) is 10.0 Å². The van der Waals surface area contributed by atoms with E-state index in [4.69, 9.17) is 16.3 Å². The number of hydrogen-bond donors (Lipinski definition) is 2. The third kappa shape index (κ3) is 7.20. The van der Waals surface area contributed by atoms with Crippen LogP contribution in [0, 0.1) is 0 Å². The Balaban J connectivity index is 1.89. The van der Waals surface area contributed by atoms with E-state index in [9.17, 15) is 26.4 Å². The second kappa shape index (κ2) is 11.1. The summed E-state index contributed by atoms with van der Waals surface area (Å²) in [5.74, 6) is -0.395. The van der Waals surface area contributed by atoms with Crippen LogP contribution in [0.15, 0.2) is 77.7 Å². The number of carbonyl (C=O) groups excluding carboxylic acids is 1. The lowest BCUT2D eigenvalue weighted by atomic mass is 10.1. The molecule has 3 aromatic rings. The molecule has 6 nitrogen and oxygen atoms in total. The lowest BCUT2D eigenvalue weighted by molar-refractivity contribution is -0.137. The molecular weight excluding hydrogens is 505 g/mol. The predicted octanol–water partition coefficient (Wildman–Crippen LogP) is 5.29. The van der Waals surface area contributed by atoms with E-state index in [0.29, 0.717) is 24.0 Å². The van der Waals surface area contributed by atoms with Crippen molar-refractivity contribution in [1.29, 1.82) is 0 Å². The molecule has 1 atom stereocenters. The largest absolute Gasteiger partial charge is 0.494 e. The van der Waals surface area contributed by atoms with Gasteiger partial charge in [0.25, 0.3) is 0 Å². The third-order valence-corrected chi connectivity index (χ3v) is 6.71. The first-order valence-electron chi connectivity index (χ1n) is 10.5. The summed E-state index contributed by atoms with van der Waals surface area (Å²) in [4.78, 5) is 13.0. The van der Waals surface area contributed by atoms with E-state index in [0.717, 1.165) is 12.1 Å². The van der Waals surface area contributed by atoms with Crippen LogP contribution >= 0.6 is 11.6 Å². The van der Waals surface area contributed by atoms with Gasteiger partial charge in [-0.1, -0.05) is 41.9 Å². The molecule has 35 heavy (non-hydrogen) atoms. The smallest absolute Gasteiger partial charge is 0.416 e. The lowest BCUT2D eigenvalue weighted by Crippen LogP contribution is -2.45. The Hall–Kier alpha value is -3.08. The van der Waals surface area contributed by atoms with Crippen molar-refractivity contribution in [2.75, 3.05) is 11.9 Å². The highest BCUT2D eigenvalue weighted by Crippen LogP contribution is 2.34. The number of carbonyl (C=O) groups is 1. The van der Waals surface area contributed by atoms with Crippen LogP contribution in [0.25, 0.3) is 0 Å². The molecule has 0 aliphatic carbocycles. The van der Waals surface area contributed by atoms with Crippen LogP contribution in [0.3, 0.4) is 0 Å². The number of halogens is 4. The van der Waals surface area contributed by atoms with Gasteiger partial charge in [-0.15, -0.1) is 0 Å². The summed E-state index contributed by atoms with van der Waals surface area (Å²) < 4.78 is 73.0. The molecule has 11 heteroatoms. The molecule has 2 N–H and O–H groups in total. The zero-order valence-electron chi connectivity index (χ0n) is 18.5. The SMILES string of the molecule is CCOc1ccc(S(=O)(=O)N[C@H](Cc2ccccc2)C(=O)Nc2cc(C(F)(F)F)ccc2Cl)cc1. The summed E-state index contributed by atoms with van der Waals surface area (Å²) in [7, 11) is -4.17. The molecular formula is C24H22ClF3N2O4S. The molecule has 0 fully saturated rings. The van der Waals surface area contributed by atoms with Crippen molar-refractivity contribution in [2.24, 2.45) is 0 Å². The number of amides is 1. The normalized spacial score (nSPS) is 12.7. The fraction of sp³-hybridized carbons (Fsp3) is 0.208. The molecule has 3 aromatic carbocycles. The van der Waals surface area contributed by atoms with Crippen molar-refractivity contribution in [3.05, 3.63) is 88.9 Å². The molecule has 186 valence electrons. The second-order valence-corrected chi connectivity index (χ2v) is 9.57. The fourth-order valence-corrected chi connectivity index (χ4v) is 4.55. The molecule has 0 aliphatic rings. The molecule has 0 unspecified atom stereocenters. The number of alkyl halides is 3. The van der Waals surface area contributed by atoms with Crippen LogP contribution in [0.5, 0.6) is 5.75 Å². The summed E-state index contributed by atoms with van der Waals surface area (Å²) >= 11 is 5.99. The van der Waals surface area contributed by atoms with Gasteiger partial charge in [-0.25, -0.2) is 8.42 Å². The monoisotopic (exact) mass is 526 g/mol.